The monoisotopic (exact) mass is 678 g/mol. The quantitative estimate of drug-likeness (QED) is 0.159. The standard InChI is InChI=1S/C22H30O14Se2/c1-9(23)31-15-7-29-21(19(35-13(5)27)17(15)33-11(3)25)37-38-22-20(36-14(6)28)18(34-12(4)26)16(8-30-22)32-10(2)24/h15-22H,7-8H2,1-6H3/t15-,16+,17-,18+,19-,20+,21+,22-. The van der Waals surface area contributed by atoms with Crippen molar-refractivity contribution in [3.05, 3.63) is 0 Å². The number of hydrogen-bond donors (Lipinski definition) is 0. The van der Waals surface area contributed by atoms with Crippen molar-refractivity contribution in [1.29, 1.82) is 0 Å². The van der Waals surface area contributed by atoms with Crippen LogP contribution in [0, 0.1) is 0 Å². The zero-order valence-corrected chi connectivity index (χ0v) is 25.0. The molecule has 0 aromatic rings. The zero-order valence-electron chi connectivity index (χ0n) is 21.6. The van der Waals surface area contributed by atoms with Crippen molar-refractivity contribution in [1.82, 2.24) is 0 Å². The maximum absolute atomic E-state index is 11.9. The molecule has 14 nitrogen and oxygen atoms in total. The second-order valence-electron chi connectivity index (χ2n) is 8.19. The van der Waals surface area contributed by atoms with Gasteiger partial charge in [-0.1, -0.05) is 0 Å². The Morgan fingerprint density at radius 1 is 0.474 bits per heavy atom. The normalized spacial score (nSPS) is 30.8. The summed E-state index contributed by atoms with van der Waals surface area (Å²) in [5.74, 6) is -3.95. The molecule has 214 valence electrons. The van der Waals surface area contributed by atoms with Crippen LogP contribution >= 0.6 is 0 Å². The topological polar surface area (TPSA) is 176 Å². The molecule has 0 saturated carbocycles. The van der Waals surface area contributed by atoms with E-state index in [4.69, 9.17) is 37.9 Å². The average molecular weight is 676 g/mol. The number of carbonyl (C=O) groups excluding carboxylic acids is 6. The summed E-state index contributed by atoms with van der Waals surface area (Å²) in [4.78, 5) is 70.5. The van der Waals surface area contributed by atoms with Crippen LogP contribution in [-0.2, 0) is 66.7 Å². The minimum atomic E-state index is -1.12. The van der Waals surface area contributed by atoms with Crippen molar-refractivity contribution >= 4 is 62.1 Å². The molecule has 16 heteroatoms. The van der Waals surface area contributed by atoms with Gasteiger partial charge in [0.15, 0.2) is 0 Å². The molecule has 0 aliphatic carbocycles. The molecule has 0 N–H and O–H groups in total. The van der Waals surface area contributed by atoms with E-state index >= 15 is 0 Å². The van der Waals surface area contributed by atoms with Gasteiger partial charge >= 0.3 is 230 Å². The molecule has 0 radical (unpaired) electrons. The van der Waals surface area contributed by atoms with E-state index in [-0.39, 0.29) is 13.2 Å². The number of ether oxygens (including phenoxy) is 8. The van der Waals surface area contributed by atoms with Crippen molar-refractivity contribution in [3.63, 3.8) is 0 Å². The van der Waals surface area contributed by atoms with E-state index in [1.165, 1.54) is 41.5 Å². The first-order valence-corrected chi connectivity index (χ1v) is 17.7. The van der Waals surface area contributed by atoms with E-state index < -0.39 is 109 Å². The van der Waals surface area contributed by atoms with E-state index in [2.05, 4.69) is 0 Å². The van der Waals surface area contributed by atoms with Gasteiger partial charge in [0.1, 0.15) is 0 Å². The molecule has 2 rings (SSSR count). The number of carbonyl (C=O) groups is 6. The third-order valence-electron chi connectivity index (χ3n) is 4.85. The Bertz CT molecular complexity index is 838. The summed E-state index contributed by atoms with van der Waals surface area (Å²) in [6.07, 6.45) is -6.42. The summed E-state index contributed by atoms with van der Waals surface area (Å²) in [5.41, 5.74) is 0. The predicted octanol–water partition coefficient (Wildman–Crippen LogP) is -1.39. The minimum absolute atomic E-state index is 0.124. The SMILES string of the molecule is CC(=O)O[C@@H]1[C@H](OC(C)=O)[C@@H]([Se][Se][C@@H]2OC[C@@H](OC(C)=O)[C@@H](OC(C)=O)[C@H]2OC(C)=O)OC[C@@H]1OC(C)=O. The number of esters is 6. The molecular weight excluding hydrogens is 646 g/mol. The zero-order chi connectivity index (χ0) is 28.6. The second-order valence-corrected chi connectivity index (χ2v) is 15.1. The fourth-order valence-electron chi connectivity index (χ4n) is 3.69. The van der Waals surface area contributed by atoms with Gasteiger partial charge in [-0.25, -0.2) is 0 Å². The molecule has 2 saturated heterocycles. The molecule has 0 unspecified atom stereocenters. The van der Waals surface area contributed by atoms with Gasteiger partial charge in [0.25, 0.3) is 0 Å². The first kappa shape index (κ1) is 32.0. The number of rotatable bonds is 9. The van der Waals surface area contributed by atoms with E-state index in [1.807, 2.05) is 0 Å². The van der Waals surface area contributed by atoms with Crippen molar-refractivity contribution in [2.45, 2.75) is 88.2 Å². The molecule has 0 spiro atoms. The Hall–Kier alpha value is -2.22. The third kappa shape index (κ3) is 9.82. The van der Waals surface area contributed by atoms with Crippen LogP contribution in [0.2, 0.25) is 0 Å². The van der Waals surface area contributed by atoms with Crippen molar-refractivity contribution < 1.29 is 66.7 Å². The van der Waals surface area contributed by atoms with Gasteiger partial charge in [0, 0.05) is 0 Å². The molecule has 8 atom stereocenters. The third-order valence-corrected chi connectivity index (χ3v) is 12.9. The summed E-state index contributed by atoms with van der Waals surface area (Å²) >= 11 is -1.02. The van der Waals surface area contributed by atoms with Gasteiger partial charge < -0.3 is 0 Å². The van der Waals surface area contributed by atoms with E-state index in [1.54, 1.807) is 0 Å². The summed E-state index contributed by atoms with van der Waals surface area (Å²) in [6.45, 7) is 6.81. The van der Waals surface area contributed by atoms with Crippen molar-refractivity contribution in [2.75, 3.05) is 13.2 Å². The molecular formula is C22H30O14Se2. The molecule has 2 heterocycles. The molecule has 2 aliphatic heterocycles. The first-order chi connectivity index (χ1) is 17.8. The average Bonchev–Trinajstić information content (AvgIpc) is 2.76. The van der Waals surface area contributed by atoms with Gasteiger partial charge in [0.2, 0.25) is 0 Å². The molecule has 0 amide bonds. The fraction of sp³-hybridized carbons (Fsp3) is 0.727. The summed E-state index contributed by atoms with van der Waals surface area (Å²) in [6, 6.07) is 0. The van der Waals surface area contributed by atoms with Gasteiger partial charge in [-0.15, -0.1) is 0 Å². The molecule has 0 aromatic carbocycles. The first-order valence-electron chi connectivity index (χ1n) is 11.4. The molecule has 38 heavy (non-hydrogen) atoms. The Kier molecular flexibility index (Phi) is 12.5. The summed E-state index contributed by atoms with van der Waals surface area (Å²) in [7, 11) is 0. The van der Waals surface area contributed by atoms with Gasteiger partial charge in [-0.05, 0) is 0 Å². The summed E-state index contributed by atoms with van der Waals surface area (Å²) < 4.78 is 43.8. The Balaban J connectivity index is 2.27. The van der Waals surface area contributed by atoms with Gasteiger partial charge in [0.05, 0.1) is 0 Å². The Morgan fingerprint density at radius 2 is 0.737 bits per heavy atom. The van der Waals surface area contributed by atoms with Crippen LogP contribution in [0.3, 0.4) is 0 Å². The van der Waals surface area contributed by atoms with Crippen LogP contribution < -0.4 is 0 Å². The molecule has 0 bridgehead atoms. The molecule has 2 fully saturated rings. The van der Waals surface area contributed by atoms with Gasteiger partial charge in [-0.2, -0.15) is 0 Å². The van der Waals surface area contributed by atoms with Crippen LogP contribution in [0.4, 0.5) is 0 Å². The van der Waals surface area contributed by atoms with E-state index in [9.17, 15) is 28.8 Å². The van der Waals surface area contributed by atoms with Crippen LogP contribution in [-0.4, -0.2) is 122 Å². The number of hydrogen-bond acceptors (Lipinski definition) is 14. The second kappa shape index (κ2) is 14.8. The van der Waals surface area contributed by atoms with E-state index in [0.717, 1.165) is 0 Å². The van der Waals surface area contributed by atoms with Crippen LogP contribution in [0.15, 0.2) is 0 Å². The molecule has 0 aromatic heterocycles. The maximum atomic E-state index is 11.9. The van der Waals surface area contributed by atoms with Crippen molar-refractivity contribution in [2.24, 2.45) is 0 Å². The fourth-order valence-corrected chi connectivity index (χ4v) is 12.0. The molecule has 2 aliphatic rings. The van der Waals surface area contributed by atoms with Crippen LogP contribution in [0.25, 0.3) is 0 Å². The Morgan fingerprint density at radius 3 is 1.00 bits per heavy atom. The van der Waals surface area contributed by atoms with Crippen molar-refractivity contribution in [3.8, 4) is 0 Å². The summed E-state index contributed by atoms with van der Waals surface area (Å²) in [5, 5.41) is -1.50. The van der Waals surface area contributed by atoms with Crippen LogP contribution in [0.5, 0.6) is 0 Å². The van der Waals surface area contributed by atoms with E-state index in [0.29, 0.717) is 0 Å². The predicted molar refractivity (Wildman–Crippen MR) is 124 cm³/mol. The van der Waals surface area contributed by atoms with Crippen LogP contribution in [0.1, 0.15) is 41.5 Å². The Labute approximate surface area is 229 Å². The van der Waals surface area contributed by atoms with Gasteiger partial charge in [-0.3, -0.25) is 0 Å².